The number of para-hydroxylation sites is 1. The summed E-state index contributed by atoms with van der Waals surface area (Å²) in [5.41, 5.74) is 15.3. The average Bonchev–Trinajstić information content (AvgIpc) is 3.67. The number of rotatable bonds is 7. The number of benzene rings is 6. The van der Waals surface area contributed by atoms with Gasteiger partial charge in [0.05, 0.1) is 16.9 Å². The Morgan fingerprint density at radius 1 is 0.731 bits per heavy atom. The molecule has 1 atom stereocenters. The van der Waals surface area contributed by atoms with Crippen LogP contribution in [0.5, 0.6) is 0 Å². The zero-order valence-electron chi connectivity index (χ0n) is 30.1. The van der Waals surface area contributed by atoms with Crippen LogP contribution >= 0.6 is 0 Å². The molecule has 252 valence electrons. The second-order valence-electron chi connectivity index (χ2n) is 14.0. The molecule has 0 saturated heterocycles. The van der Waals surface area contributed by atoms with E-state index in [2.05, 4.69) is 189 Å². The molecule has 0 amide bonds. The zero-order chi connectivity index (χ0) is 35.3. The second kappa shape index (κ2) is 12.9. The Kier molecular flexibility index (Phi) is 7.89. The molecule has 1 unspecified atom stereocenters. The monoisotopic (exact) mass is 670 g/mol. The molecule has 7 aromatic rings. The summed E-state index contributed by atoms with van der Waals surface area (Å²) >= 11 is 0. The summed E-state index contributed by atoms with van der Waals surface area (Å²) in [6, 6.07) is 43.1. The van der Waals surface area contributed by atoms with Crippen LogP contribution in [0.2, 0.25) is 0 Å². The Labute approximate surface area is 306 Å². The quantitative estimate of drug-likeness (QED) is 0.153. The lowest BCUT2D eigenvalue weighted by Gasteiger charge is -2.28. The first-order chi connectivity index (χ1) is 25.6. The molecule has 1 aromatic heterocycles. The van der Waals surface area contributed by atoms with Crippen molar-refractivity contribution in [3.63, 3.8) is 0 Å². The van der Waals surface area contributed by atoms with Crippen LogP contribution in [0.4, 0.5) is 11.4 Å². The van der Waals surface area contributed by atoms with Crippen LogP contribution in [0, 0.1) is 0 Å². The Morgan fingerprint density at radius 3 is 2.37 bits per heavy atom. The van der Waals surface area contributed by atoms with Gasteiger partial charge in [0.1, 0.15) is 0 Å². The van der Waals surface area contributed by atoms with E-state index in [0.717, 1.165) is 18.4 Å². The normalized spacial score (nSPS) is 15.5. The van der Waals surface area contributed by atoms with Gasteiger partial charge in [0.15, 0.2) is 0 Å². The summed E-state index contributed by atoms with van der Waals surface area (Å²) in [4.78, 5) is 2.55. The number of hydrogen-bond donors (Lipinski definition) is 0. The molecule has 2 aliphatic rings. The van der Waals surface area contributed by atoms with E-state index in [-0.39, 0.29) is 5.92 Å². The molecule has 0 radical (unpaired) electrons. The first-order valence-corrected chi connectivity index (χ1v) is 18.5. The third kappa shape index (κ3) is 5.09. The van der Waals surface area contributed by atoms with Crippen LogP contribution in [0.3, 0.4) is 0 Å². The van der Waals surface area contributed by atoms with Crippen LogP contribution in [-0.4, -0.2) is 4.57 Å². The molecule has 0 spiro atoms. The van der Waals surface area contributed by atoms with Crippen molar-refractivity contribution in [1.82, 2.24) is 4.57 Å². The minimum atomic E-state index is 0.245. The van der Waals surface area contributed by atoms with Crippen LogP contribution in [0.1, 0.15) is 60.2 Å². The highest BCUT2D eigenvalue weighted by Gasteiger charge is 2.39. The number of fused-ring (bicyclic) bond motifs is 8. The largest absolute Gasteiger partial charge is 0.313 e. The first-order valence-electron chi connectivity index (χ1n) is 18.5. The Morgan fingerprint density at radius 2 is 1.54 bits per heavy atom. The summed E-state index contributed by atoms with van der Waals surface area (Å²) in [7, 11) is 0. The van der Waals surface area contributed by atoms with Crippen molar-refractivity contribution in [2.24, 2.45) is 0 Å². The smallest absolute Gasteiger partial charge is 0.0544 e. The fourth-order valence-corrected chi connectivity index (χ4v) is 8.67. The SMILES string of the molecule is C=Cc1cc2c3c(n(-c4ccc5ccccc5c4)c2cc1/C=C\C)C=C1C(C3)c2ccccc2N1c1cccc2cc(CC(/C=C\C)=C/C)ccc12. The Hall–Kier alpha value is -6.12. The van der Waals surface area contributed by atoms with E-state index in [1.807, 2.05) is 6.08 Å². The molecule has 2 heteroatoms. The molecule has 0 N–H and O–H groups in total. The van der Waals surface area contributed by atoms with Gasteiger partial charge in [0.2, 0.25) is 0 Å². The maximum absolute atomic E-state index is 4.21. The molecule has 2 heterocycles. The summed E-state index contributed by atoms with van der Waals surface area (Å²) in [6.07, 6.45) is 17.2. The maximum atomic E-state index is 4.21. The van der Waals surface area contributed by atoms with Crippen molar-refractivity contribution in [3.05, 3.63) is 191 Å². The van der Waals surface area contributed by atoms with Crippen molar-refractivity contribution in [1.29, 1.82) is 0 Å². The van der Waals surface area contributed by atoms with Gasteiger partial charge in [-0.15, -0.1) is 0 Å². The maximum Gasteiger partial charge on any atom is 0.0544 e. The van der Waals surface area contributed by atoms with Gasteiger partial charge in [-0.25, -0.2) is 0 Å². The molecular formula is C50H42N2. The average molecular weight is 671 g/mol. The first kappa shape index (κ1) is 31.8. The lowest BCUT2D eigenvalue weighted by Crippen LogP contribution is -2.18. The van der Waals surface area contributed by atoms with Gasteiger partial charge < -0.3 is 9.47 Å². The molecule has 1 aliphatic heterocycles. The van der Waals surface area contributed by atoms with E-state index >= 15 is 0 Å². The van der Waals surface area contributed by atoms with Crippen molar-refractivity contribution < 1.29 is 0 Å². The predicted molar refractivity (Wildman–Crippen MR) is 225 cm³/mol. The Balaban J connectivity index is 1.28. The molecule has 0 saturated carbocycles. The summed E-state index contributed by atoms with van der Waals surface area (Å²) in [5, 5.41) is 6.32. The molecule has 0 bridgehead atoms. The second-order valence-corrected chi connectivity index (χ2v) is 14.0. The van der Waals surface area contributed by atoms with Crippen molar-refractivity contribution >= 4 is 62.1 Å². The van der Waals surface area contributed by atoms with E-state index in [0.29, 0.717) is 0 Å². The topological polar surface area (TPSA) is 8.17 Å². The summed E-state index contributed by atoms with van der Waals surface area (Å²) in [5.74, 6) is 0.245. The highest BCUT2D eigenvalue weighted by Crippen LogP contribution is 2.54. The van der Waals surface area contributed by atoms with Gasteiger partial charge in [-0.2, -0.15) is 0 Å². The molecular weight excluding hydrogens is 629 g/mol. The van der Waals surface area contributed by atoms with Crippen molar-refractivity contribution in [2.75, 3.05) is 4.90 Å². The summed E-state index contributed by atoms with van der Waals surface area (Å²) in [6.45, 7) is 10.5. The highest BCUT2D eigenvalue weighted by molar-refractivity contribution is 6.02. The van der Waals surface area contributed by atoms with Gasteiger partial charge in [-0.3, -0.25) is 0 Å². The lowest BCUT2D eigenvalue weighted by atomic mass is 9.85. The lowest BCUT2D eigenvalue weighted by molar-refractivity contribution is 0.797. The number of hydrogen-bond acceptors (Lipinski definition) is 1. The number of nitrogens with zero attached hydrogens (tertiary/aromatic N) is 2. The number of aromatic nitrogens is 1. The molecule has 6 aromatic carbocycles. The van der Waals surface area contributed by atoms with E-state index in [4.69, 9.17) is 0 Å². The van der Waals surface area contributed by atoms with Crippen molar-refractivity contribution in [3.8, 4) is 5.69 Å². The van der Waals surface area contributed by atoms with E-state index in [1.54, 1.807) is 0 Å². The fraction of sp³-hybridized carbons (Fsp3) is 0.120. The minimum Gasteiger partial charge on any atom is -0.313 e. The third-order valence-electron chi connectivity index (χ3n) is 11.1. The molecule has 1 aliphatic carbocycles. The van der Waals surface area contributed by atoms with E-state index < -0.39 is 0 Å². The number of anilines is 2. The molecule has 52 heavy (non-hydrogen) atoms. The predicted octanol–water partition coefficient (Wildman–Crippen LogP) is 13.5. The van der Waals surface area contributed by atoms with Crippen LogP contribution in [0.25, 0.3) is 56.4 Å². The van der Waals surface area contributed by atoms with Crippen LogP contribution in [-0.2, 0) is 12.8 Å². The third-order valence-corrected chi connectivity index (χ3v) is 11.1. The van der Waals surface area contributed by atoms with Gasteiger partial charge in [-0.05, 0) is 126 Å². The fourth-order valence-electron chi connectivity index (χ4n) is 8.67. The van der Waals surface area contributed by atoms with Gasteiger partial charge in [0.25, 0.3) is 0 Å². The minimum absolute atomic E-state index is 0.245. The van der Waals surface area contributed by atoms with Crippen LogP contribution < -0.4 is 4.90 Å². The van der Waals surface area contributed by atoms with Gasteiger partial charge >= 0.3 is 0 Å². The van der Waals surface area contributed by atoms with E-state index in [9.17, 15) is 0 Å². The molecule has 0 fully saturated rings. The van der Waals surface area contributed by atoms with E-state index in [1.165, 1.54) is 88.7 Å². The molecule has 9 rings (SSSR count). The van der Waals surface area contributed by atoms with Crippen LogP contribution in [0.15, 0.2) is 157 Å². The standard InChI is InChI=1S/C50H42N2/c1-5-14-33(7-3)26-34-22-25-41-39(27-34)18-13-21-46(41)52-47-20-12-11-19-42(47)44-31-45-43-29-35(8-4)37(15-6-2)30-48(43)51(49(45)32-50(44)52)40-24-23-36-16-9-10-17-38(36)28-40/h5-25,27-30,32,44H,4,26,31H2,1-3H3/b14-5-,15-6-,33-7+. The van der Waals surface area contributed by atoms with Crippen molar-refractivity contribution in [2.45, 2.75) is 39.5 Å². The zero-order valence-corrected chi connectivity index (χ0v) is 30.1. The highest BCUT2D eigenvalue weighted by atomic mass is 15.2. The molecule has 2 nitrogen and oxygen atoms in total. The Bertz CT molecular complexity index is 2690. The number of allylic oxidation sites excluding steroid dienone is 6. The van der Waals surface area contributed by atoms with Gasteiger partial charge in [-0.1, -0.05) is 122 Å². The van der Waals surface area contributed by atoms with Gasteiger partial charge in [0, 0.05) is 33.8 Å². The summed E-state index contributed by atoms with van der Waals surface area (Å²) < 4.78 is 2.50.